The van der Waals surface area contributed by atoms with Crippen molar-refractivity contribution < 1.29 is 0 Å². The van der Waals surface area contributed by atoms with Gasteiger partial charge in [-0.05, 0) is 62.9 Å². The minimum absolute atomic E-state index is 0.532. The van der Waals surface area contributed by atoms with E-state index in [1.165, 1.54) is 11.8 Å². The highest BCUT2D eigenvalue weighted by molar-refractivity contribution is 7.99. The van der Waals surface area contributed by atoms with E-state index in [0.717, 1.165) is 11.4 Å². The van der Waals surface area contributed by atoms with Crippen LogP contribution in [0.15, 0.2) is 64.9 Å². The monoisotopic (exact) mass is 356 g/mol. The molecule has 0 unspecified atom stereocenters. The molecule has 0 aliphatic heterocycles. The van der Waals surface area contributed by atoms with Crippen LogP contribution in [0.2, 0.25) is 5.02 Å². The number of benzene rings is 2. The highest BCUT2D eigenvalue weighted by atomic mass is 35.5. The summed E-state index contributed by atoms with van der Waals surface area (Å²) in [6, 6.07) is 16.9. The Balaban J connectivity index is 1.69. The fourth-order valence-electron chi connectivity index (χ4n) is 2.07. The van der Waals surface area contributed by atoms with Crippen molar-refractivity contribution in [1.82, 2.24) is 40.4 Å². The van der Waals surface area contributed by atoms with E-state index in [9.17, 15) is 0 Å². The lowest BCUT2D eigenvalue weighted by molar-refractivity contribution is 0.742. The number of tetrazole rings is 2. The number of halogens is 1. The maximum atomic E-state index is 6.04. The lowest BCUT2D eigenvalue weighted by Crippen LogP contribution is -2.02. The predicted molar refractivity (Wildman–Crippen MR) is 87.4 cm³/mol. The number of hydrogen-bond acceptors (Lipinski definition) is 7. The van der Waals surface area contributed by atoms with E-state index in [1.807, 2.05) is 42.5 Å². The van der Waals surface area contributed by atoms with Crippen molar-refractivity contribution in [3.63, 3.8) is 0 Å². The second-order valence-electron chi connectivity index (χ2n) is 4.66. The van der Waals surface area contributed by atoms with Crippen LogP contribution in [0.25, 0.3) is 11.4 Å². The Morgan fingerprint density at radius 1 is 0.750 bits per heavy atom. The topological polar surface area (TPSA) is 87.2 Å². The fraction of sp³-hybridized carbons (Fsp3) is 0. The summed E-state index contributed by atoms with van der Waals surface area (Å²) in [7, 11) is 0. The lowest BCUT2D eigenvalue weighted by Gasteiger charge is -2.05. The van der Waals surface area contributed by atoms with Gasteiger partial charge in [0.25, 0.3) is 0 Å². The molecule has 2 aromatic carbocycles. The van der Waals surface area contributed by atoms with E-state index in [1.54, 1.807) is 21.5 Å². The van der Waals surface area contributed by atoms with Gasteiger partial charge in [-0.3, -0.25) is 0 Å². The van der Waals surface area contributed by atoms with Gasteiger partial charge in [0.05, 0.1) is 11.4 Å². The van der Waals surface area contributed by atoms with Crippen LogP contribution in [0.3, 0.4) is 0 Å². The van der Waals surface area contributed by atoms with Crippen molar-refractivity contribution in [3.05, 3.63) is 59.6 Å². The molecule has 4 rings (SSSR count). The van der Waals surface area contributed by atoms with Crippen molar-refractivity contribution >= 4 is 23.4 Å². The zero-order valence-corrected chi connectivity index (χ0v) is 13.6. The number of rotatable bonds is 4. The predicted octanol–water partition coefficient (Wildman–Crippen LogP) is 2.44. The molecule has 0 aliphatic rings. The molecule has 0 atom stereocenters. The number of nitrogens with zero attached hydrogens (tertiary/aromatic N) is 8. The summed E-state index contributed by atoms with van der Waals surface area (Å²) in [5, 5.41) is 25.3. The van der Waals surface area contributed by atoms with Gasteiger partial charge in [0.1, 0.15) is 0 Å². The third kappa shape index (κ3) is 2.86. The Bertz CT molecular complexity index is 968. The lowest BCUT2D eigenvalue weighted by atomic mass is 10.3. The first-order valence-electron chi connectivity index (χ1n) is 6.87. The van der Waals surface area contributed by atoms with Gasteiger partial charge < -0.3 is 0 Å². The van der Waals surface area contributed by atoms with E-state index in [4.69, 9.17) is 11.6 Å². The van der Waals surface area contributed by atoms with Crippen LogP contribution in [0.1, 0.15) is 0 Å². The second kappa shape index (κ2) is 6.38. The molecule has 0 spiro atoms. The molecule has 24 heavy (non-hydrogen) atoms. The normalized spacial score (nSPS) is 10.9. The number of para-hydroxylation sites is 1. The molecule has 0 radical (unpaired) electrons. The smallest absolute Gasteiger partial charge is 0.187 e. The Hall–Kier alpha value is -2.78. The van der Waals surface area contributed by atoms with Gasteiger partial charge in [0.15, 0.2) is 0 Å². The molecule has 0 aliphatic carbocycles. The molecule has 8 nitrogen and oxygen atoms in total. The highest BCUT2D eigenvalue weighted by Gasteiger charge is 2.16. The average molecular weight is 357 g/mol. The summed E-state index contributed by atoms with van der Waals surface area (Å²) in [5.74, 6) is 0. The van der Waals surface area contributed by atoms with Gasteiger partial charge >= 0.3 is 0 Å². The molecule has 0 amide bonds. The van der Waals surface area contributed by atoms with Crippen molar-refractivity contribution in [2.45, 2.75) is 10.3 Å². The quantitative estimate of drug-likeness (QED) is 0.555. The molecule has 0 saturated carbocycles. The molecule has 2 aromatic heterocycles. The summed E-state index contributed by atoms with van der Waals surface area (Å²) in [4.78, 5) is 0. The summed E-state index contributed by atoms with van der Waals surface area (Å²) >= 11 is 7.30. The molecule has 0 bridgehead atoms. The van der Waals surface area contributed by atoms with Gasteiger partial charge in [-0.25, -0.2) is 0 Å². The van der Waals surface area contributed by atoms with E-state index >= 15 is 0 Å². The van der Waals surface area contributed by atoms with Crippen molar-refractivity contribution in [1.29, 1.82) is 0 Å². The maximum absolute atomic E-state index is 6.04. The third-order valence-electron chi connectivity index (χ3n) is 3.12. The molecular weight excluding hydrogens is 348 g/mol. The highest BCUT2D eigenvalue weighted by Crippen LogP contribution is 2.26. The Kier molecular flexibility index (Phi) is 3.93. The minimum Gasteiger partial charge on any atom is -0.187 e. The SMILES string of the molecule is Clc1cccc(-n2nnnc2Sc2nnnn2-c2ccccc2)c1. The fourth-order valence-corrected chi connectivity index (χ4v) is 3.03. The molecule has 4 aromatic rings. The number of aromatic nitrogens is 8. The zero-order chi connectivity index (χ0) is 16.4. The van der Waals surface area contributed by atoms with Gasteiger partial charge in [0, 0.05) is 5.02 Å². The average Bonchev–Trinajstić information content (AvgIpc) is 3.25. The standard InChI is InChI=1S/C14H9ClN8S/c15-10-5-4-8-12(9-10)23-14(17-19-21-23)24-13-16-18-20-22(13)11-6-2-1-3-7-11/h1-9H. The molecule has 10 heteroatoms. The molecule has 0 N–H and O–H groups in total. The number of hydrogen-bond donors (Lipinski definition) is 0. The molecule has 2 heterocycles. The molecular formula is C14H9ClN8S. The van der Waals surface area contributed by atoms with Crippen molar-refractivity contribution in [3.8, 4) is 11.4 Å². The van der Waals surface area contributed by atoms with Crippen LogP contribution < -0.4 is 0 Å². The summed E-state index contributed by atoms with van der Waals surface area (Å²) < 4.78 is 3.21. The van der Waals surface area contributed by atoms with E-state index in [2.05, 4.69) is 31.1 Å². The Morgan fingerprint density at radius 3 is 2.04 bits per heavy atom. The summed E-state index contributed by atoms with van der Waals surface area (Å²) in [6.45, 7) is 0. The van der Waals surface area contributed by atoms with Crippen LogP contribution in [-0.4, -0.2) is 40.4 Å². The van der Waals surface area contributed by atoms with Gasteiger partial charge in [0.2, 0.25) is 10.3 Å². The van der Waals surface area contributed by atoms with Gasteiger partial charge in [-0.2, -0.15) is 9.36 Å². The van der Waals surface area contributed by atoms with Gasteiger partial charge in [-0.15, -0.1) is 10.2 Å². The van der Waals surface area contributed by atoms with Crippen molar-refractivity contribution in [2.24, 2.45) is 0 Å². The minimum atomic E-state index is 0.532. The van der Waals surface area contributed by atoms with Crippen LogP contribution in [0, 0.1) is 0 Å². The summed E-state index contributed by atoms with van der Waals surface area (Å²) in [6.07, 6.45) is 0. The first kappa shape index (κ1) is 14.8. The van der Waals surface area contributed by atoms with Crippen molar-refractivity contribution in [2.75, 3.05) is 0 Å². The second-order valence-corrected chi connectivity index (χ2v) is 6.03. The van der Waals surface area contributed by atoms with Crippen LogP contribution in [-0.2, 0) is 0 Å². The molecule has 118 valence electrons. The molecule has 0 saturated heterocycles. The first-order chi connectivity index (χ1) is 11.8. The Labute approximate surface area is 145 Å². The van der Waals surface area contributed by atoms with Crippen LogP contribution in [0.5, 0.6) is 0 Å². The van der Waals surface area contributed by atoms with E-state index in [0.29, 0.717) is 15.3 Å². The third-order valence-corrected chi connectivity index (χ3v) is 4.23. The first-order valence-corrected chi connectivity index (χ1v) is 8.07. The van der Waals surface area contributed by atoms with E-state index in [-0.39, 0.29) is 0 Å². The largest absolute Gasteiger partial charge is 0.221 e. The molecule has 0 fully saturated rings. The zero-order valence-electron chi connectivity index (χ0n) is 12.1. The maximum Gasteiger partial charge on any atom is 0.221 e. The summed E-state index contributed by atoms with van der Waals surface area (Å²) in [5.41, 5.74) is 1.61. The Morgan fingerprint density at radius 2 is 1.38 bits per heavy atom. The van der Waals surface area contributed by atoms with Crippen LogP contribution in [0.4, 0.5) is 0 Å². The van der Waals surface area contributed by atoms with Gasteiger partial charge in [-0.1, -0.05) is 35.9 Å². The van der Waals surface area contributed by atoms with Crippen LogP contribution >= 0.6 is 23.4 Å². The van der Waals surface area contributed by atoms with E-state index < -0.39 is 0 Å².